The molecule has 1 atom stereocenters. The van der Waals surface area contributed by atoms with Crippen LogP contribution in [0.4, 0.5) is 10.5 Å². The van der Waals surface area contributed by atoms with Gasteiger partial charge in [-0.1, -0.05) is 12.1 Å². The van der Waals surface area contributed by atoms with Crippen LogP contribution in [-0.2, 0) is 9.47 Å². The first-order valence-corrected chi connectivity index (χ1v) is 5.25. The number of hydrogen-bond acceptors (Lipinski definition) is 6. The second-order valence-corrected chi connectivity index (χ2v) is 3.34. The first-order valence-electron chi connectivity index (χ1n) is 5.25. The van der Waals surface area contributed by atoms with Crippen LogP contribution in [0.15, 0.2) is 18.2 Å². The second-order valence-electron chi connectivity index (χ2n) is 3.34. The number of carbonyl (C=O) groups excluding carboxylic acids is 1. The number of nitrogen functional groups attached to an aromatic ring is 1. The van der Waals surface area contributed by atoms with Crippen LogP contribution in [-0.4, -0.2) is 19.0 Å². The van der Waals surface area contributed by atoms with Crippen molar-refractivity contribution in [2.45, 2.75) is 13.0 Å². The summed E-state index contributed by atoms with van der Waals surface area (Å²) in [5.41, 5.74) is 7.00. The van der Waals surface area contributed by atoms with E-state index in [4.69, 9.17) is 21.1 Å². The highest BCUT2D eigenvalue weighted by Crippen LogP contribution is 2.21. The fourth-order valence-electron chi connectivity index (χ4n) is 1.30. The lowest BCUT2D eigenvalue weighted by atomic mass is 10.1. The van der Waals surface area contributed by atoms with Crippen molar-refractivity contribution >= 4 is 18.1 Å². The van der Waals surface area contributed by atoms with E-state index in [9.17, 15) is 4.79 Å². The molecular weight excluding hydrogens is 234 g/mol. The quantitative estimate of drug-likeness (QED) is 0.480. The van der Waals surface area contributed by atoms with Crippen molar-refractivity contribution in [2.75, 3.05) is 12.3 Å². The Morgan fingerprint density at radius 1 is 1.67 bits per heavy atom. The molecule has 0 aromatic heterocycles. The molecule has 0 aliphatic rings. The molecule has 0 saturated carbocycles. The monoisotopic (exact) mass is 247 g/mol. The van der Waals surface area contributed by atoms with Crippen LogP contribution >= 0.6 is 0 Å². The van der Waals surface area contributed by atoms with E-state index >= 15 is 0 Å². The largest absolute Gasteiger partial charge is 0.509 e. The maximum atomic E-state index is 11.1. The molecule has 0 radical (unpaired) electrons. The van der Waals surface area contributed by atoms with E-state index < -0.39 is 12.3 Å². The van der Waals surface area contributed by atoms with E-state index in [0.717, 1.165) is 6.21 Å². The van der Waals surface area contributed by atoms with Crippen LogP contribution in [0, 0.1) is 16.7 Å². The Labute approximate surface area is 104 Å². The SMILES string of the molecule is CCOC(=O)OC(C#N)c1ccc(C=N)c(N)c1. The minimum absolute atomic E-state index is 0.172. The van der Waals surface area contributed by atoms with Crippen LogP contribution in [0.2, 0.25) is 0 Å². The van der Waals surface area contributed by atoms with Crippen molar-refractivity contribution in [3.63, 3.8) is 0 Å². The highest BCUT2D eigenvalue weighted by Gasteiger charge is 2.17. The predicted molar refractivity (Wildman–Crippen MR) is 65.2 cm³/mol. The topological polar surface area (TPSA) is 109 Å². The van der Waals surface area contributed by atoms with Gasteiger partial charge in [-0.2, -0.15) is 5.26 Å². The summed E-state index contributed by atoms with van der Waals surface area (Å²) in [6.07, 6.45) is -0.878. The van der Waals surface area contributed by atoms with Gasteiger partial charge in [0.2, 0.25) is 6.10 Å². The second kappa shape index (κ2) is 6.25. The molecule has 18 heavy (non-hydrogen) atoms. The molecule has 0 spiro atoms. The molecule has 0 aliphatic carbocycles. The van der Waals surface area contributed by atoms with Gasteiger partial charge in [0.15, 0.2) is 0 Å². The summed E-state index contributed by atoms with van der Waals surface area (Å²) in [6.45, 7) is 1.81. The van der Waals surface area contributed by atoms with E-state index in [1.165, 1.54) is 6.07 Å². The first kappa shape index (κ1) is 13.5. The summed E-state index contributed by atoms with van der Waals surface area (Å²) in [5, 5.41) is 16.0. The molecule has 6 heteroatoms. The van der Waals surface area contributed by atoms with Gasteiger partial charge in [0.05, 0.1) is 6.61 Å². The molecule has 94 valence electrons. The molecule has 3 N–H and O–H groups in total. The zero-order valence-electron chi connectivity index (χ0n) is 9.84. The number of carbonyl (C=O) groups is 1. The molecule has 0 fully saturated rings. The summed E-state index contributed by atoms with van der Waals surface area (Å²) in [6, 6.07) is 6.48. The van der Waals surface area contributed by atoms with E-state index in [-0.39, 0.29) is 6.61 Å². The van der Waals surface area contributed by atoms with E-state index in [1.807, 2.05) is 6.07 Å². The summed E-state index contributed by atoms with van der Waals surface area (Å²) < 4.78 is 9.41. The molecule has 0 amide bonds. The fourth-order valence-corrected chi connectivity index (χ4v) is 1.30. The molecule has 1 unspecified atom stereocenters. The molecular formula is C12H13N3O3. The van der Waals surface area contributed by atoms with Crippen LogP contribution in [0.1, 0.15) is 24.2 Å². The number of nitrogens with zero attached hydrogens (tertiary/aromatic N) is 1. The third-order valence-electron chi connectivity index (χ3n) is 2.16. The number of ether oxygens (including phenoxy) is 2. The summed E-state index contributed by atoms with van der Waals surface area (Å²) >= 11 is 0. The number of anilines is 1. The normalized spacial score (nSPS) is 11.1. The Balaban J connectivity index is 2.89. The van der Waals surface area contributed by atoms with Crippen LogP contribution in [0.5, 0.6) is 0 Å². The lowest BCUT2D eigenvalue weighted by molar-refractivity contribution is 0.0421. The van der Waals surface area contributed by atoms with Crippen molar-refractivity contribution in [2.24, 2.45) is 0 Å². The number of hydrogen-bond donors (Lipinski definition) is 2. The minimum Gasteiger partial charge on any atom is -0.435 e. The lowest BCUT2D eigenvalue weighted by Crippen LogP contribution is -2.12. The number of benzene rings is 1. The average Bonchev–Trinajstić information content (AvgIpc) is 2.36. The first-order chi connectivity index (χ1) is 8.62. The van der Waals surface area contributed by atoms with E-state index in [1.54, 1.807) is 19.1 Å². The lowest BCUT2D eigenvalue weighted by Gasteiger charge is -2.12. The Bertz CT molecular complexity index is 494. The van der Waals surface area contributed by atoms with Gasteiger partial charge in [0, 0.05) is 23.0 Å². The number of nitrogens with two attached hydrogens (primary N) is 1. The van der Waals surface area contributed by atoms with Gasteiger partial charge in [-0.3, -0.25) is 0 Å². The number of nitriles is 1. The van der Waals surface area contributed by atoms with Crippen molar-refractivity contribution in [3.05, 3.63) is 29.3 Å². The number of nitrogens with one attached hydrogen (secondary N) is 1. The fraction of sp³-hybridized carbons (Fsp3) is 0.250. The molecule has 1 aromatic carbocycles. The maximum Gasteiger partial charge on any atom is 0.509 e. The Morgan fingerprint density at radius 2 is 2.39 bits per heavy atom. The number of rotatable bonds is 4. The Morgan fingerprint density at radius 3 is 2.89 bits per heavy atom. The van der Waals surface area contributed by atoms with Gasteiger partial charge in [-0.15, -0.1) is 0 Å². The maximum absolute atomic E-state index is 11.1. The smallest absolute Gasteiger partial charge is 0.435 e. The molecule has 1 rings (SSSR count). The molecule has 0 saturated heterocycles. The van der Waals surface area contributed by atoms with Gasteiger partial charge in [-0.25, -0.2) is 4.79 Å². The molecule has 0 heterocycles. The van der Waals surface area contributed by atoms with Crippen molar-refractivity contribution in [3.8, 4) is 6.07 Å². The van der Waals surface area contributed by atoms with Gasteiger partial charge in [0.1, 0.15) is 6.07 Å². The van der Waals surface area contributed by atoms with Crippen LogP contribution in [0.25, 0.3) is 0 Å². The highest BCUT2D eigenvalue weighted by molar-refractivity contribution is 5.85. The third-order valence-corrected chi connectivity index (χ3v) is 2.16. The summed E-state index contributed by atoms with van der Waals surface area (Å²) in [7, 11) is 0. The van der Waals surface area contributed by atoms with Gasteiger partial charge in [-0.05, 0) is 13.0 Å². The molecule has 1 aromatic rings. The summed E-state index contributed by atoms with van der Waals surface area (Å²) in [4.78, 5) is 11.1. The van der Waals surface area contributed by atoms with E-state index in [0.29, 0.717) is 16.8 Å². The molecule has 0 aliphatic heterocycles. The molecule has 0 bridgehead atoms. The van der Waals surface area contributed by atoms with Gasteiger partial charge in [0.25, 0.3) is 0 Å². The minimum atomic E-state index is -1.08. The van der Waals surface area contributed by atoms with Crippen molar-refractivity contribution < 1.29 is 14.3 Å². The van der Waals surface area contributed by atoms with Gasteiger partial charge >= 0.3 is 6.16 Å². The average molecular weight is 247 g/mol. The summed E-state index contributed by atoms with van der Waals surface area (Å²) in [5.74, 6) is 0. The van der Waals surface area contributed by atoms with Crippen molar-refractivity contribution in [1.82, 2.24) is 0 Å². The zero-order valence-corrected chi connectivity index (χ0v) is 9.84. The highest BCUT2D eigenvalue weighted by atomic mass is 16.7. The third kappa shape index (κ3) is 3.22. The Hall–Kier alpha value is -2.55. The molecule has 6 nitrogen and oxygen atoms in total. The van der Waals surface area contributed by atoms with Crippen LogP contribution < -0.4 is 5.73 Å². The zero-order chi connectivity index (χ0) is 13.5. The van der Waals surface area contributed by atoms with E-state index in [2.05, 4.69) is 4.74 Å². The van der Waals surface area contributed by atoms with Gasteiger partial charge < -0.3 is 20.6 Å². The van der Waals surface area contributed by atoms with Crippen LogP contribution in [0.3, 0.4) is 0 Å². The predicted octanol–water partition coefficient (Wildman–Crippen LogP) is 2.00. The standard InChI is InChI=1S/C12H13N3O3/c1-2-17-12(16)18-11(7-14)8-3-4-9(6-13)10(15)5-8/h3-6,11,13H,2,15H2,1H3. The van der Waals surface area contributed by atoms with Crippen molar-refractivity contribution in [1.29, 1.82) is 10.7 Å². The Kier molecular flexibility index (Phi) is 4.69.